The monoisotopic (exact) mass is 282 g/mol. The quantitative estimate of drug-likeness (QED) is 0.795. The second kappa shape index (κ2) is 6.16. The minimum absolute atomic E-state index is 0.217. The Hall–Kier alpha value is -1.40. The summed E-state index contributed by atoms with van der Waals surface area (Å²) >= 11 is 5.87. The average Bonchev–Trinajstić information content (AvgIpc) is 2.85. The predicted molar refractivity (Wildman–Crippen MR) is 77.6 cm³/mol. The van der Waals surface area contributed by atoms with Gasteiger partial charge in [-0.3, -0.25) is 5.10 Å². The van der Waals surface area contributed by atoms with Crippen molar-refractivity contribution in [2.75, 3.05) is 25.5 Å². The fraction of sp³-hybridized carbons (Fsp3) is 0.583. The Kier molecular flexibility index (Phi) is 4.55. The Labute approximate surface area is 117 Å². The van der Waals surface area contributed by atoms with E-state index in [4.69, 9.17) is 11.6 Å². The van der Waals surface area contributed by atoms with E-state index in [1.54, 1.807) is 6.20 Å². The van der Waals surface area contributed by atoms with E-state index in [1.165, 1.54) is 0 Å². The Morgan fingerprint density at radius 2 is 2.26 bits per heavy atom. The van der Waals surface area contributed by atoms with Gasteiger partial charge in [-0.2, -0.15) is 15.1 Å². The van der Waals surface area contributed by atoms with Crippen molar-refractivity contribution in [3.63, 3.8) is 0 Å². The van der Waals surface area contributed by atoms with Crippen molar-refractivity contribution in [2.24, 2.45) is 0 Å². The van der Waals surface area contributed by atoms with Crippen molar-refractivity contribution in [3.8, 4) is 0 Å². The van der Waals surface area contributed by atoms with E-state index in [-0.39, 0.29) is 5.28 Å². The smallest absolute Gasteiger partial charge is 0.226 e. The van der Waals surface area contributed by atoms with Gasteiger partial charge in [0.05, 0.1) is 11.6 Å². The summed E-state index contributed by atoms with van der Waals surface area (Å²) < 4.78 is 0. The second-order valence-electron chi connectivity index (χ2n) is 4.64. The highest BCUT2D eigenvalue weighted by Crippen LogP contribution is 2.19. The number of aromatic nitrogens is 4. The van der Waals surface area contributed by atoms with E-state index in [0.717, 1.165) is 30.7 Å². The molecule has 1 atom stereocenters. The molecule has 0 aliphatic heterocycles. The number of nitrogens with one attached hydrogen (secondary N) is 2. The average molecular weight is 283 g/mol. The molecule has 0 saturated carbocycles. The lowest BCUT2D eigenvalue weighted by Gasteiger charge is -2.23. The summed E-state index contributed by atoms with van der Waals surface area (Å²) in [6.45, 7) is 6.15. The number of halogens is 1. The maximum absolute atomic E-state index is 5.87. The van der Waals surface area contributed by atoms with Crippen LogP contribution in [0.25, 0.3) is 11.0 Å². The van der Waals surface area contributed by atoms with Gasteiger partial charge in [-0.05, 0) is 32.0 Å². The van der Waals surface area contributed by atoms with Crippen LogP contribution >= 0.6 is 11.6 Å². The fourth-order valence-electron chi connectivity index (χ4n) is 1.83. The van der Waals surface area contributed by atoms with Crippen LogP contribution in [-0.4, -0.2) is 51.2 Å². The number of H-pyrrole nitrogens is 1. The van der Waals surface area contributed by atoms with Gasteiger partial charge < -0.3 is 10.2 Å². The van der Waals surface area contributed by atoms with Crippen molar-refractivity contribution in [1.82, 2.24) is 25.1 Å². The van der Waals surface area contributed by atoms with E-state index < -0.39 is 0 Å². The normalized spacial score (nSPS) is 13.1. The summed E-state index contributed by atoms with van der Waals surface area (Å²) in [4.78, 5) is 10.6. The SMILES string of the molecule is CCC(C)N(C)CCNc1nc(Cl)nc2[nH]ncc12. The van der Waals surface area contributed by atoms with Gasteiger partial charge in [-0.15, -0.1) is 0 Å². The van der Waals surface area contributed by atoms with Crippen LogP contribution < -0.4 is 5.32 Å². The summed E-state index contributed by atoms with van der Waals surface area (Å²) in [5.41, 5.74) is 0.651. The number of aromatic amines is 1. The first kappa shape index (κ1) is 14.0. The largest absolute Gasteiger partial charge is 0.368 e. The Balaban J connectivity index is 2.00. The summed E-state index contributed by atoms with van der Waals surface area (Å²) in [6.07, 6.45) is 2.84. The Morgan fingerprint density at radius 1 is 1.47 bits per heavy atom. The molecule has 0 aliphatic rings. The third-order valence-corrected chi connectivity index (χ3v) is 3.55. The third kappa shape index (κ3) is 3.33. The van der Waals surface area contributed by atoms with Gasteiger partial charge in [0.15, 0.2) is 5.65 Å². The number of anilines is 1. The van der Waals surface area contributed by atoms with E-state index in [0.29, 0.717) is 11.7 Å². The lowest BCUT2D eigenvalue weighted by atomic mass is 10.2. The standard InChI is InChI=1S/C12H19ClN6/c1-4-8(2)19(3)6-5-14-10-9-7-15-18-11(9)17-12(13)16-10/h7-8H,4-6H2,1-3H3,(H2,14,15,16,17,18). The van der Waals surface area contributed by atoms with E-state index >= 15 is 0 Å². The molecule has 0 fully saturated rings. The molecular weight excluding hydrogens is 264 g/mol. The van der Waals surface area contributed by atoms with E-state index in [1.807, 2.05) is 0 Å². The Morgan fingerprint density at radius 3 is 3.00 bits per heavy atom. The Bertz CT molecular complexity index is 540. The highest BCUT2D eigenvalue weighted by molar-refractivity contribution is 6.28. The molecule has 2 N–H and O–H groups in total. The van der Waals surface area contributed by atoms with Crippen molar-refractivity contribution in [1.29, 1.82) is 0 Å². The van der Waals surface area contributed by atoms with Crippen LogP contribution in [0.5, 0.6) is 0 Å². The molecular formula is C12H19ClN6. The van der Waals surface area contributed by atoms with Gasteiger partial charge in [-0.1, -0.05) is 6.92 Å². The molecule has 0 aliphatic carbocycles. The van der Waals surface area contributed by atoms with Crippen LogP contribution in [0.15, 0.2) is 6.20 Å². The number of fused-ring (bicyclic) bond motifs is 1. The minimum Gasteiger partial charge on any atom is -0.368 e. The minimum atomic E-state index is 0.217. The van der Waals surface area contributed by atoms with Gasteiger partial charge in [0.2, 0.25) is 5.28 Å². The van der Waals surface area contributed by atoms with Gasteiger partial charge in [0.25, 0.3) is 0 Å². The van der Waals surface area contributed by atoms with Crippen LogP contribution in [0, 0.1) is 0 Å². The van der Waals surface area contributed by atoms with Crippen LogP contribution in [0.4, 0.5) is 5.82 Å². The zero-order chi connectivity index (χ0) is 13.8. The predicted octanol–water partition coefficient (Wildman–Crippen LogP) is 2.15. The summed E-state index contributed by atoms with van der Waals surface area (Å²) in [6, 6.07) is 0.574. The molecule has 2 heterocycles. The summed E-state index contributed by atoms with van der Waals surface area (Å²) in [5.74, 6) is 0.723. The molecule has 0 spiro atoms. The first-order chi connectivity index (χ1) is 9.11. The highest BCUT2D eigenvalue weighted by Gasteiger charge is 2.09. The van der Waals surface area contributed by atoms with E-state index in [2.05, 4.69) is 51.3 Å². The molecule has 0 amide bonds. The number of hydrogen-bond donors (Lipinski definition) is 2. The first-order valence-electron chi connectivity index (χ1n) is 6.42. The van der Waals surface area contributed by atoms with Crippen molar-refractivity contribution in [2.45, 2.75) is 26.3 Å². The molecule has 2 aromatic heterocycles. The van der Waals surface area contributed by atoms with Gasteiger partial charge >= 0.3 is 0 Å². The number of hydrogen-bond acceptors (Lipinski definition) is 5. The second-order valence-corrected chi connectivity index (χ2v) is 4.98. The molecule has 0 saturated heterocycles. The van der Waals surface area contributed by atoms with E-state index in [9.17, 15) is 0 Å². The first-order valence-corrected chi connectivity index (χ1v) is 6.80. The van der Waals surface area contributed by atoms with Gasteiger partial charge in [0.1, 0.15) is 5.82 Å². The molecule has 2 aromatic rings. The lowest BCUT2D eigenvalue weighted by molar-refractivity contribution is 0.261. The fourth-order valence-corrected chi connectivity index (χ4v) is 1.99. The molecule has 1 unspecified atom stereocenters. The molecule has 7 heteroatoms. The molecule has 6 nitrogen and oxygen atoms in total. The number of likely N-dealkylation sites (N-methyl/N-ethyl adjacent to an activating group) is 1. The van der Waals surface area contributed by atoms with Crippen LogP contribution in [0.2, 0.25) is 5.28 Å². The summed E-state index contributed by atoms with van der Waals surface area (Å²) in [7, 11) is 2.12. The van der Waals surface area contributed by atoms with Crippen molar-refractivity contribution in [3.05, 3.63) is 11.5 Å². The zero-order valence-corrected chi connectivity index (χ0v) is 12.2. The topological polar surface area (TPSA) is 69.7 Å². The molecule has 0 bridgehead atoms. The molecule has 0 radical (unpaired) electrons. The molecule has 0 aromatic carbocycles. The third-order valence-electron chi connectivity index (χ3n) is 3.38. The zero-order valence-electron chi connectivity index (χ0n) is 11.4. The molecule has 19 heavy (non-hydrogen) atoms. The van der Waals surface area contributed by atoms with Crippen LogP contribution in [0.1, 0.15) is 20.3 Å². The van der Waals surface area contributed by atoms with Crippen molar-refractivity contribution >= 4 is 28.5 Å². The maximum atomic E-state index is 5.87. The maximum Gasteiger partial charge on any atom is 0.226 e. The summed E-state index contributed by atoms with van der Waals surface area (Å²) in [5, 5.41) is 11.1. The number of nitrogens with zero attached hydrogens (tertiary/aromatic N) is 4. The van der Waals surface area contributed by atoms with Gasteiger partial charge in [-0.25, -0.2) is 0 Å². The van der Waals surface area contributed by atoms with Crippen molar-refractivity contribution < 1.29 is 0 Å². The van der Waals surface area contributed by atoms with Crippen LogP contribution in [-0.2, 0) is 0 Å². The van der Waals surface area contributed by atoms with Crippen LogP contribution in [0.3, 0.4) is 0 Å². The lowest BCUT2D eigenvalue weighted by Crippen LogP contribution is -2.32. The van der Waals surface area contributed by atoms with Gasteiger partial charge in [0, 0.05) is 19.1 Å². The molecule has 2 rings (SSSR count). The molecule has 104 valence electrons. The highest BCUT2D eigenvalue weighted by atomic mass is 35.5. The number of rotatable bonds is 6.